The molecule has 0 fully saturated rings. The molecule has 1 aromatic heterocycles. The summed E-state index contributed by atoms with van der Waals surface area (Å²) in [4.78, 5) is 15.6. The van der Waals surface area contributed by atoms with E-state index in [0.29, 0.717) is 16.8 Å². The molecular formula is C10H10N2O3. The van der Waals surface area contributed by atoms with Gasteiger partial charge < -0.3 is 15.2 Å². The molecule has 0 amide bonds. The van der Waals surface area contributed by atoms with Gasteiger partial charge in [-0.1, -0.05) is 18.2 Å². The summed E-state index contributed by atoms with van der Waals surface area (Å²) in [5.74, 6) is -0.199. The first-order valence-electron chi connectivity index (χ1n) is 4.42. The van der Waals surface area contributed by atoms with E-state index in [1.165, 1.54) is 0 Å². The molecule has 0 spiro atoms. The van der Waals surface area contributed by atoms with Gasteiger partial charge in [-0.25, -0.2) is 4.79 Å². The number of H-pyrrole nitrogens is 2. The van der Waals surface area contributed by atoms with Crippen molar-refractivity contribution in [3.8, 4) is 17.1 Å². The second-order valence-corrected chi connectivity index (χ2v) is 3.16. The number of hydrogen-bond donors (Lipinski definition) is 4. The lowest BCUT2D eigenvalue weighted by atomic mass is 10.1. The fraction of sp³-hybridized carbons (Fsp3) is 0.100. The molecule has 0 atom stereocenters. The number of aliphatic hydroxyl groups excluding tert-OH is 1. The van der Waals surface area contributed by atoms with Crippen molar-refractivity contribution in [2.24, 2.45) is 0 Å². The third-order valence-electron chi connectivity index (χ3n) is 2.11. The fourth-order valence-electron chi connectivity index (χ4n) is 1.41. The first-order valence-corrected chi connectivity index (χ1v) is 4.42. The number of hydrogen-bond acceptors (Lipinski definition) is 3. The molecule has 5 nitrogen and oxygen atoms in total. The summed E-state index contributed by atoms with van der Waals surface area (Å²) in [7, 11) is 0. The summed E-state index contributed by atoms with van der Waals surface area (Å²) in [6.07, 6.45) is 0. The van der Waals surface area contributed by atoms with Gasteiger partial charge in [-0.05, 0) is 11.6 Å². The topological polar surface area (TPSA) is 89.1 Å². The lowest BCUT2D eigenvalue weighted by Crippen LogP contribution is -2.00. The molecule has 4 N–H and O–H groups in total. The Balaban J connectivity index is 2.53. The largest absolute Gasteiger partial charge is 0.493 e. The summed E-state index contributed by atoms with van der Waals surface area (Å²) in [5, 5.41) is 18.3. The van der Waals surface area contributed by atoms with Crippen molar-refractivity contribution in [2.75, 3.05) is 0 Å². The molecule has 1 aromatic carbocycles. The zero-order valence-electron chi connectivity index (χ0n) is 7.82. The van der Waals surface area contributed by atoms with Gasteiger partial charge in [0.25, 0.3) is 0 Å². The highest BCUT2D eigenvalue weighted by Crippen LogP contribution is 2.24. The molecule has 5 heteroatoms. The van der Waals surface area contributed by atoms with E-state index >= 15 is 0 Å². The number of benzene rings is 1. The second-order valence-electron chi connectivity index (χ2n) is 3.16. The zero-order chi connectivity index (χ0) is 10.8. The van der Waals surface area contributed by atoms with Crippen LogP contribution in [0.25, 0.3) is 11.3 Å². The van der Waals surface area contributed by atoms with Crippen LogP contribution in [0.1, 0.15) is 5.56 Å². The van der Waals surface area contributed by atoms with E-state index in [2.05, 4.69) is 9.97 Å². The first kappa shape index (κ1) is 9.54. The molecule has 15 heavy (non-hydrogen) atoms. The molecule has 0 aliphatic rings. The van der Waals surface area contributed by atoms with Crippen LogP contribution < -0.4 is 5.69 Å². The number of aromatic nitrogens is 2. The Morgan fingerprint density at radius 2 is 2.07 bits per heavy atom. The van der Waals surface area contributed by atoms with Crippen LogP contribution in [0.15, 0.2) is 29.1 Å². The minimum Gasteiger partial charge on any atom is -0.493 e. The molecule has 2 aromatic rings. The third-order valence-corrected chi connectivity index (χ3v) is 2.11. The number of imidazole rings is 1. The number of nitrogens with one attached hydrogen (secondary N) is 2. The van der Waals surface area contributed by atoms with Crippen LogP contribution in [0.5, 0.6) is 5.88 Å². The lowest BCUT2D eigenvalue weighted by molar-refractivity contribution is 0.282. The minimum absolute atomic E-state index is 0.0801. The quantitative estimate of drug-likeness (QED) is 0.579. The van der Waals surface area contributed by atoms with Gasteiger partial charge in [-0.2, -0.15) is 0 Å². The van der Waals surface area contributed by atoms with Gasteiger partial charge in [0.2, 0.25) is 5.88 Å². The van der Waals surface area contributed by atoms with Crippen molar-refractivity contribution in [3.63, 3.8) is 0 Å². The monoisotopic (exact) mass is 206 g/mol. The Morgan fingerprint density at radius 3 is 2.67 bits per heavy atom. The van der Waals surface area contributed by atoms with Crippen LogP contribution in [0.3, 0.4) is 0 Å². The second kappa shape index (κ2) is 3.62. The number of aromatic amines is 2. The predicted octanol–water partition coefficient (Wildman–Crippen LogP) is 0.568. The van der Waals surface area contributed by atoms with Gasteiger partial charge in [0, 0.05) is 5.56 Å². The van der Waals surface area contributed by atoms with Crippen molar-refractivity contribution in [2.45, 2.75) is 6.61 Å². The molecule has 1 heterocycles. The maximum atomic E-state index is 10.9. The van der Waals surface area contributed by atoms with Crippen LogP contribution in [0.2, 0.25) is 0 Å². The Bertz CT molecular complexity index is 527. The van der Waals surface area contributed by atoms with Crippen LogP contribution in [-0.4, -0.2) is 20.2 Å². The van der Waals surface area contributed by atoms with E-state index in [4.69, 9.17) is 5.11 Å². The summed E-state index contributed by atoms with van der Waals surface area (Å²) in [6, 6.07) is 6.92. The molecule has 0 bridgehead atoms. The summed E-state index contributed by atoms with van der Waals surface area (Å²) in [5.41, 5.74) is 1.23. The van der Waals surface area contributed by atoms with Crippen molar-refractivity contribution in [3.05, 3.63) is 40.3 Å². The first-order chi connectivity index (χ1) is 7.20. The summed E-state index contributed by atoms with van der Waals surface area (Å²) < 4.78 is 0. The van der Waals surface area contributed by atoms with E-state index in [0.717, 1.165) is 0 Å². The van der Waals surface area contributed by atoms with Crippen molar-refractivity contribution >= 4 is 0 Å². The minimum atomic E-state index is -0.461. The van der Waals surface area contributed by atoms with Gasteiger partial charge in [0.15, 0.2) is 0 Å². The van der Waals surface area contributed by atoms with E-state index < -0.39 is 5.69 Å². The Morgan fingerprint density at radius 1 is 1.27 bits per heavy atom. The molecule has 0 radical (unpaired) electrons. The Labute approximate surface area is 85.0 Å². The van der Waals surface area contributed by atoms with Crippen molar-refractivity contribution in [1.82, 2.24) is 9.97 Å². The highest BCUT2D eigenvalue weighted by Gasteiger charge is 2.08. The maximum Gasteiger partial charge on any atom is 0.326 e. The standard InChI is InChI=1S/C10H10N2O3/c13-5-6-2-1-3-7(4-6)8-9(14)12-10(15)11-8/h1-4,13-14H,5H2,(H2,11,12,15). The van der Waals surface area contributed by atoms with Gasteiger partial charge in [0.1, 0.15) is 5.69 Å². The van der Waals surface area contributed by atoms with Crippen LogP contribution >= 0.6 is 0 Å². The van der Waals surface area contributed by atoms with Crippen LogP contribution in [-0.2, 0) is 6.61 Å². The van der Waals surface area contributed by atoms with Crippen LogP contribution in [0, 0.1) is 0 Å². The van der Waals surface area contributed by atoms with E-state index in [1.807, 2.05) is 0 Å². The van der Waals surface area contributed by atoms with E-state index in [-0.39, 0.29) is 12.5 Å². The van der Waals surface area contributed by atoms with Crippen molar-refractivity contribution in [1.29, 1.82) is 0 Å². The summed E-state index contributed by atoms with van der Waals surface area (Å²) in [6.45, 7) is -0.0801. The Kier molecular flexibility index (Phi) is 2.31. The molecule has 2 rings (SSSR count). The highest BCUT2D eigenvalue weighted by molar-refractivity contribution is 5.64. The van der Waals surface area contributed by atoms with Gasteiger partial charge >= 0.3 is 5.69 Å². The number of aromatic hydroxyl groups is 1. The number of rotatable bonds is 2. The average Bonchev–Trinajstić information content (AvgIpc) is 2.58. The Hall–Kier alpha value is -2.01. The molecule has 78 valence electrons. The molecular weight excluding hydrogens is 196 g/mol. The molecule has 0 unspecified atom stereocenters. The molecule has 0 aliphatic heterocycles. The van der Waals surface area contributed by atoms with Gasteiger partial charge in [0.05, 0.1) is 6.61 Å². The van der Waals surface area contributed by atoms with Crippen molar-refractivity contribution < 1.29 is 10.2 Å². The van der Waals surface area contributed by atoms with Gasteiger partial charge in [-0.3, -0.25) is 4.98 Å². The average molecular weight is 206 g/mol. The normalized spacial score (nSPS) is 10.5. The SMILES string of the molecule is O=c1[nH]c(O)c(-c2cccc(CO)c2)[nH]1. The van der Waals surface area contributed by atoms with Crippen LogP contribution in [0.4, 0.5) is 0 Å². The maximum absolute atomic E-state index is 10.9. The smallest absolute Gasteiger partial charge is 0.326 e. The van der Waals surface area contributed by atoms with Gasteiger partial charge in [-0.15, -0.1) is 0 Å². The van der Waals surface area contributed by atoms with E-state index in [1.54, 1.807) is 24.3 Å². The molecule has 0 saturated carbocycles. The fourth-order valence-corrected chi connectivity index (χ4v) is 1.41. The summed E-state index contributed by atoms with van der Waals surface area (Å²) >= 11 is 0. The third kappa shape index (κ3) is 1.77. The highest BCUT2D eigenvalue weighted by atomic mass is 16.3. The predicted molar refractivity (Wildman–Crippen MR) is 54.4 cm³/mol. The molecule has 0 saturated heterocycles. The molecule has 0 aliphatic carbocycles. The lowest BCUT2D eigenvalue weighted by Gasteiger charge is -2.00. The number of aliphatic hydroxyl groups is 1. The van der Waals surface area contributed by atoms with E-state index in [9.17, 15) is 9.90 Å². The zero-order valence-corrected chi connectivity index (χ0v) is 7.82.